The van der Waals surface area contributed by atoms with Crippen molar-refractivity contribution >= 4 is 40.6 Å². The average molecular weight is 663 g/mol. The first kappa shape index (κ1) is 37.4. The van der Waals surface area contributed by atoms with E-state index >= 15 is 0 Å². The third-order valence-electron chi connectivity index (χ3n) is 8.28. The highest BCUT2D eigenvalue weighted by atomic mass is 16.4. The average Bonchev–Trinajstić information content (AvgIpc) is 3.45. The van der Waals surface area contributed by atoms with E-state index in [1.54, 1.807) is 35.8 Å². The van der Waals surface area contributed by atoms with Crippen LogP contribution >= 0.6 is 0 Å². The molecule has 2 heterocycles. The third kappa shape index (κ3) is 9.99. The Balaban J connectivity index is 0.000000694. The minimum Gasteiger partial charge on any atom is -0.478 e. The summed E-state index contributed by atoms with van der Waals surface area (Å²) in [5, 5.41) is 22.9. The number of aliphatic carboxylic acids is 2. The predicted octanol–water partition coefficient (Wildman–Crippen LogP) is 2.43. The Morgan fingerprint density at radius 3 is 2.19 bits per heavy atom. The minimum atomic E-state index is -1.26. The Morgan fingerprint density at radius 1 is 1.00 bits per heavy atom. The fourth-order valence-electron chi connectivity index (χ4n) is 5.65. The van der Waals surface area contributed by atoms with E-state index in [0.717, 1.165) is 22.0 Å². The van der Waals surface area contributed by atoms with Crippen molar-refractivity contribution < 1.29 is 34.2 Å². The van der Waals surface area contributed by atoms with E-state index < -0.39 is 34.8 Å². The molecule has 3 amide bonds. The van der Waals surface area contributed by atoms with Crippen molar-refractivity contribution in [2.75, 3.05) is 34.2 Å². The van der Waals surface area contributed by atoms with Crippen LogP contribution in [0.25, 0.3) is 10.9 Å². The molecule has 13 heteroatoms. The molecule has 1 aliphatic rings. The molecule has 0 aliphatic carbocycles. The monoisotopic (exact) mass is 662 g/mol. The van der Waals surface area contributed by atoms with Crippen molar-refractivity contribution in [3.8, 4) is 0 Å². The van der Waals surface area contributed by atoms with Gasteiger partial charge in [-0.15, -0.1) is 0 Å². The Bertz CT molecular complexity index is 1610. The normalized spacial score (nSPS) is 17.0. The number of likely N-dealkylation sites (tertiary alicyclic amines) is 1. The largest absolute Gasteiger partial charge is 0.478 e. The lowest BCUT2D eigenvalue weighted by atomic mass is 9.74. The quantitative estimate of drug-likeness (QED) is 0.152. The van der Waals surface area contributed by atoms with Gasteiger partial charge in [0.05, 0.1) is 11.0 Å². The highest BCUT2D eigenvalue weighted by Gasteiger charge is 2.46. The molecule has 0 radical (unpaired) electrons. The van der Waals surface area contributed by atoms with Gasteiger partial charge in [-0.05, 0) is 50.3 Å². The van der Waals surface area contributed by atoms with Gasteiger partial charge in [0.25, 0.3) is 0 Å². The van der Waals surface area contributed by atoms with Crippen molar-refractivity contribution in [2.24, 2.45) is 11.1 Å². The van der Waals surface area contributed by atoms with Gasteiger partial charge in [-0.25, -0.2) is 14.6 Å². The molecule has 3 aromatic rings. The number of aromatic nitrogens is 1. The summed E-state index contributed by atoms with van der Waals surface area (Å²) in [7, 11) is 5.43. The molecular weight excluding hydrogens is 616 g/mol. The molecule has 2 unspecified atom stereocenters. The number of benzene rings is 2. The number of rotatable bonds is 11. The number of piperidine rings is 1. The first-order valence-electron chi connectivity index (χ1n) is 15.6. The van der Waals surface area contributed by atoms with Gasteiger partial charge in [0.1, 0.15) is 6.04 Å². The van der Waals surface area contributed by atoms with Crippen LogP contribution < -0.4 is 11.1 Å². The van der Waals surface area contributed by atoms with Crippen LogP contribution in [0.2, 0.25) is 0 Å². The topological polar surface area (TPSA) is 189 Å². The molecule has 2 aromatic carbocycles. The van der Waals surface area contributed by atoms with Gasteiger partial charge in [0, 0.05) is 69.9 Å². The Morgan fingerprint density at radius 2 is 1.60 bits per heavy atom. The number of nitrogens with zero attached hydrogens (tertiary/aromatic N) is 3. The summed E-state index contributed by atoms with van der Waals surface area (Å²) in [6, 6.07) is 17.0. The summed E-state index contributed by atoms with van der Waals surface area (Å²) in [4.78, 5) is 65.3. The Kier molecular flexibility index (Phi) is 12.6. The molecule has 1 saturated heterocycles. The van der Waals surface area contributed by atoms with Gasteiger partial charge in [0.2, 0.25) is 17.7 Å². The Hall–Kier alpha value is -5.01. The van der Waals surface area contributed by atoms with Crippen LogP contribution in [0.15, 0.2) is 72.9 Å². The van der Waals surface area contributed by atoms with Crippen molar-refractivity contribution in [1.82, 2.24) is 25.2 Å². The maximum Gasteiger partial charge on any atom is 0.328 e. The number of nitrogens with two attached hydrogens (primary N) is 1. The van der Waals surface area contributed by atoms with Gasteiger partial charge in [-0.2, -0.15) is 0 Å². The van der Waals surface area contributed by atoms with E-state index in [1.165, 1.54) is 0 Å². The second kappa shape index (κ2) is 16.2. The number of fused-ring (bicyclic) bond motifs is 1. The predicted molar refractivity (Wildman–Crippen MR) is 181 cm³/mol. The molecule has 2 atom stereocenters. The number of carboxylic acid groups (broad SMARTS) is 2. The second-order valence-corrected chi connectivity index (χ2v) is 12.8. The molecule has 48 heavy (non-hydrogen) atoms. The molecule has 0 saturated carbocycles. The van der Waals surface area contributed by atoms with Crippen LogP contribution in [0.1, 0.15) is 37.8 Å². The SMILES string of the molecule is CN(C)N(C)C(=O)C1(Cc2ccccc2)CCCN(C(=O)C(Cc2c[nH]c3ccccc23)NC(=O)C(C)(C)N)C1.O=C(O)/C=C/C(=O)O. The maximum atomic E-state index is 14.2. The van der Waals surface area contributed by atoms with Crippen LogP contribution in [-0.2, 0) is 36.8 Å². The number of aromatic amines is 1. The fourth-order valence-corrected chi connectivity index (χ4v) is 5.65. The van der Waals surface area contributed by atoms with E-state index in [0.29, 0.717) is 44.4 Å². The summed E-state index contributed by atoms with van der Waals surface area (Å²) in [6.45, 7) is 4.03. The van der Waals surface area contributed by atoms with Crippen LogP contribution in [-0.4, -0.2) is 106 Å². The standard InChI is InChI=1S/C31H42N6O3.C4H4O4/c1-30(2,32)28(39)34-26(18-23-20-33-25-15-10-9-14-24(23)25)27(38)37-17-11-16-31(21-37,29(40)36(5)35(3)4)19-22-12-7-6-8-13-22;5-3(6)1-2-4(7)8/h6-10,12-15,20,26,33H,11,16-19,21,32H2,1-5H3,(H,34,39);1-2H,(H,5,6)(H,7,8)/b;2-1+. The molecular formula is C35H46N6O7. The minimum absolute atomic E-state index is 0.0286. The zero-order valence-corrected chi connectivity index (χ0v) is 28.1. The number of carboxylic acids is 2. The molecule has 1 aromatic heterocycles. The van der Waals surface area contributed by atoms with Crippen LogP contribution in [0.3, 0.4) is 0 Å². The molecule has 1 aliphatic heterocycles. The Labute approximate surface area is 280 Å². The van der Waals surface area contributed by atoms with Crippen molar-refractivity contribution in [3.63, 3.8) is 0 Å². The zero-order valence-electron chi connectivity index (χ0n) is 28.1. The van der Waals surface area contributed by atoms with Gasteiger partial charge in [-0.1, -0.05) is 48.5 Å². The molecule has 1 fully saturated rings. The van der Waals surface area contributed by atoms with Gasteiger partial charge < -0.3 is 31.1 Å². The highest BCUT2D eigenvalue weighted by Crippen LogP contribution is 2.36. The van der Waals surface area contributed by atoms with Crippen molar-refractivity contribution in [3.05, 3.63) is 84.1 Å². The summed E-state index contributed by atoms with van der Waals surface area (Å²) in [6.07, 6.45) is 5.17. The molecule has 0 spiro atoms. The van der Waals surface area contributed by atoms with Crippen LogP contribution in [0.5, 0.6) is 0 Å². The summed E-state index contributed by atoms with van der Waals surface area (Å²) in [5.74, 6) is -3.15. The first-order chi connectivity index (χ1) is 22.5. The van der Waals surface area contributed by atoms with Gasteiger partial charge >= 0.3 is 11.9 Å². The number of nitrogens with one attached hydrogen (secondary N) is 2. The lowest BCUT2D eigenvalue weighted by Gasteiger charge is -2.45. The first-order valence-corrected chi connectivity index (χ1v) is 15.6. The van der Waals surface area contributed by atoms with Crippen molar-refractivity contribution in [2.45, 2.75) is 51.1 Å². The molecule has 258 valence electrons. The number of H-pyrrole nitrogens is 1. The van der Waals surface area contributed by atoms with Gasteiger partial charge in [0.15, 0.2) is 0 Å². The van der Waals surface area contributed by atoms with Crippen LogP contribution in [0, 0.1) is 5.41 Å². The molecule has 13 nitrogen and oxygen atoms in total. The summed E-state index contributed by atoms with van der Waals surface area (Å²) < 4.78 is 0. The second-order valence-electron chi connectivity index (χ2n) is 12.8. The molecule has 4 rings (SSSR count). The lowest BCUT2D eigenvalue weighted by Crippen LogP contribution is -2.61. The number of amides is 3. The zero-order chi connectivity index (χ0) is 35.6. The summed E-state index contributed by atoms with van der Waals surface area (Å²) in [5.41, 5.74) is 7.10. The van der Waals surface area contributed by atoms with Crippen LogP contribution in [0.4, 0.5) is 0 Å². The number of hydrogen-bond acceptors (Lipinski definition) is 7. The number of para-hydroxylation sites is 1. The smallest absolute Gasteiger partial charge is 0.328 e. The molecule has 0 bridgehead atoms. The highest BCUT2D eigenvalue weighted by molar-refractivity contribution is 5.93. The van der Waals surface area contributed by atoms with E-state index in [-0.39, 0.29) is 18.4 Å². The van der Waals surface area contributed by atoms with E-state index in [2.05, 4.69) is 10.3 Å². The number of hydrogen-bond donors (Lipinski definition) is 5. The third-order valence-corrected chi connectivity index (χ3v) is 8.28. The number of hydrazine groups is 1. The van der Waals surface area contributed by atoms with E-state index in [1.807, 2.05) is 74.9 Å². The lowest BCUT2D eigenvalue weighted by molar-refractivity contribution is -0.159. The number of carbonyl (C=O) groups is 5. The number of carbonyl (C=O) groups excluding carboxylic acids is 3. The maximum absolute atomic E-state index is 14.2. The summed E-state index contributed by atoms with van der Waals surface area (Å²) >= 11 is 0. The fraction of sp³-hybridized carbons (Fsp3) is 0.400. The molecule has 6 N–H and O–H groups in total. The van der Waals surface area contributed by atoms with E-state index in [9.17, 15) is 24.0 Å². The van der Waals surface area contributed by atoms with E-state index in [4.69, 9.17) is 15.9 Å². The van der Waals surface area contributed by atoms with Crippen molar-refractivity contribution in [1.29, 1.82) is 0 Å². The van der Waals surface area contributed by atoms with Gasteiger partial charge in [-0.3, -0.25) is 19.4 Å².